The summed E-state index contributed by atoms with van der Waals surface area (Å²) in [5, 5.41) is 54.3. The van der Waals surface area contributed by atoms with Crippen molar-refractivity contribution < 1.29 is 44.6 Å². The van der Waals surface area contributed by atoms with Gasteiger partial charge >= 0.3 is 11.9 Å². The molecule has 4 saturated carbocycles. The Hall–Kier alpha value is -2.82. The van der Waals surface area contributed by atoms with Gasteiger partial charge in [0, 0.05) is 0 Å². The van der Waals surface area contributed by atoms with Gasteiger partial charge in [-0.2, -0.15) is 0 Å². The van der Waals surface area contributed by atoms with Crippen LogP contribution >= 0.6 is 23.2 Å². The molecule has 11 atom stereocenters. The maximum absolute atomic E-state index is 12.2. The number of halogens is 2. The zero-order valence-electron chi connectivity index (χ0n) is 30.6. The number of rotatable bonds is 10. The van der Waals surface area contributed by atoms with Crippen molar-refractivity contribution in [1.29, 1.82) is 0 Å². The smallest absolute Gasteiger partial charge is 0.339 e. The maximum Gasteiger partial charge on any atom is 0.339 e. The first-order chi connectivity index (χ1) is 24.6. The summed E-state index contributed by atoms with van der Waals surface area (Å²) < 4.78 is 10.6. The third-order valence-corrected chi connectivity index (χ3v) is 14.6. The molecule has 4 aliphatic rings. The van der Waals surface area contributed by atoms with Crippen molar-refractivity contribution in [3.05, 3.63) is 62.6 Å². The molecule has 0 heterocycles. The second-order valence-electron chi connectivity index (χ2n) is 16.4. The average Bonchev–Trinajstić information content (AvgIpc) is 3.45. The molecular formula is C41H52Cl2O9. The summed E-state index contributed by atoms with van der Waals surface area (Å²) in [7, 11) is 2.69. The molecule has 11 heteroatoms. The van der Waals surface area contributed by atoms with Crippen molar-refractivity contribution in [2.75, 3.05) is 14.2 Å². The first-order valence-corrected chi connectivity index (χ1v) is 19.3. The van der Waals surface area contributed by atoms with Crippen LogP contribution < -0.4 is 9.47 Å². The van der Waals surface area contributed by atoms with Gasteiger partial charge in [0.05, 0.1) is 42.6 Å². The molecule has 9 nitrogen and oxygen atoms in total. The number of hydrogen-bond donors (Lipinski definition) is 5. The number of hydrogen-bond acceptors (Lipinski definition) is 7. The molecule has 0 spiro atoms. The summed E-state index contributed by atoms with van der Waals surface area (Å²) in [6, 6.07) is 6.13. The number of carbonyl (C=O) groups is 2. The van der Waals surface area contributed by atoms with Gasteiger partial charge in [0.2, 0.25) is 0 Å². The molecule has 4 fully saturated rings. The van der Waals surface area contributed by atoms with Crippen molar-refractivity contribution >= 4 is 40.7 Å². The van der Waals surface area contributed by atoms with Crippen molar-refractivity contribution in [2.45, 2.75) is 96.9 Å². The Morgan fingerprint density at radius 1 is 0.865 bits per heavy atom. The van der Waals surface area contributed by atoms with Gasteiger partial charge in [-0.3, -0.25) is 0 Å². The van der Waals surface area contributed by atoms with Crippen LogP contribution in [-0.4, -0.2) is 70.0 Å². The number of fused-ring (bicyclic) bond motifs is 5. The van der Waals surface area contributed by atoms with Crippen molar-refractivity contribution in [2.24, 2.45) is 46.3 Å². The van der Waals surface area contributed by atoms with Crippen LogP contribution in [0.3, 0.4) is 0 Å². The van der Waals surface area contributed by atoms with Gasteiger partial charge in [0.15, 0.2) is 11.5 Å². The van der Waals surface area contributed by atoms with Crippen LogP contribution in [0.1, 0.15) is 110 Å². The fourth-order valence-electron chi connectivity index (χ4n) is 11.5. The largest absolute Gasteiger partial charge is 0.494 e. The number of aliphatic hydroxyl groups excluding tert-OH is 3. The zero-order chi connectivity index (χ0) is 37.9. The third kappa shape index (κ3) is 6.52. The summed E-state index contributed by atoms with van der Waals surface area (Å²) in [5.41, 5.74) is 0.870. The lowest BCUT2D eigenvalue weighted by atomic mass is 9.43. The van der Waals surface area contributed by atoms with Crippen LogP contribution in [0.15, 0.2) is 30.3 Å². The van der Waals surface area contributed by atoms with Gasteiger partial charge in [-0.15, -0.1) is 0 Å². The van der Waals surface area contributed by atoms with Gasteiger partial charge in [-0.05, 0) is 145 Å². The van der Waals surface area contributed by atoms with Crippen LogP contribution in [0.25, 0.3) is 5.57 Å². The number of aromatic carboxylic acids is 2. The Labute approximate surface area is 315 Å². The average molecular weight is 760 g/mol. The summed E-state index contributed by atoms with van der Waals surface area (Å²) in [5.74, 6) is -1.16. The lowest BCUT2D eigenvalue weighted by molar-refractivity contribution is -0.207. The van der Waals surface area contributed by atoms with Gasteiger partial charge < -0.3 is 35.0 Å². The number of carboxylic acids is 2. The first kappa shape index (κ1) is 38.9. The lowest BCUT2D eigenvalue weighted by Gasteiger charge is -2.63. The van der Waals surface area contributed by atoms with Crippen LogP contribution in [0.5, 0.6) is 11.5 Å². The van der Waals surface area contributed by atoms with Crippen LogP contribution in [0.2, 0.25) is 10.0 Å². The molecule has 2 aromatic carbocycles. The van der Waals surface area contributed by atoms with Crippen molar-refractivity contribution in [3.8, 4) is 11.5 Å². The van der Waals surface area contributed by atoms with E-state index in [0.29, 0.717) is 36.0 Å². The minimum atomic E-state index is -1.22. The number of carboxylic acid groups (broad SMARTS) is 2. The summed E-state index contributed by atoms with van der Waals surface area (Å²) in [6.07, 6.45) is 7.76. The highest BCUT2D eigenvalue weighted by atomic mass is 35.5. The van der Waals surface area contributed by atoms with Crippen LogP contribution in [0.4, 0.5) is 0 Å². The highest BCUT2D eigenvalue weighted by Crippen LogP contribution is 2.68. The molecule has 0 aliphatic heterocycles. The van der Waals surface area contributed by atoms with Crippen molar-refractivity contribution in [3.63, 3.8) is 0 Å². The van der Waals surface area contributed by atoms with Gasteiger partial charge in [0.25, 0.3) is 0 Å². The Balaban J connectivity index is 1.30. The Morgan fingerprint density at radius 3 is 1.98 bits per heavy atom. The van der Waals surface area contributed by atoms with E-state index < -0.39 is 24.1 Å². The van der Waals surface area contributed by atoms with E-state index in [9.17, 15) is 35.1 Å². The Kier molecular flexibility index (Phi) is 11.1. The molecule has 4 aliphatic carbocycles. The normalized spacial score (nSPS) is 34.3. The Bertz CT molecular complexity index is 1670. The van der Waals surface area contributed by atoms with E-state index in [2.05, 4.69) is 20.8 Å². The Morgan fingerprint density at radius 2 is 1.44 bits per heavy atom. The van der Waals surface area contributed by atoms with Crippen molar-refractivity contribution in [1.82, 2.24) is 0 Å². The fraction of sp³-hybridized carbons (Fsp3) is 0.610. The van der Waals surface area contributed by atoms with E-state index in [-0.39, 0.29) is 85.1 Å². The van der Waals surface area contributed by atoms with Gasteiger partial charge in [0.1, 0.15) is 11.1 Å². The van der Waals surface area contributed by atoms with E-state index in [1.807, 2.05) is 6.08 Å². The molecule has 5 N–H and O–H groups in total. The molecular weight excluding hydrogens is 707 g/mol. The van der Waals surface area contributed by atoms with Crippen LogP contribution in [-0.2, 0) is 0 Å². The first-order valence-electron chi connectivity index (χ1n) is 18.5. The van der Waals surface area contributed by atoms with E-state index in [4.69, 9.17) is 32.7 Å². The number of aliphatic hydroxyl groups is 3. The second-order valence-corrected chi connectivity index (χ2v) is 17.2. The maximum atomic E-state index is 12.2. The molecule has 0 radical (unpaired) electrons. The minimum Gasteiger partial charge on any atom is -0.494 e. The molecule has 6 rings (SSSR count). The van der Waals surface area contributed by atoms with Gasteiger partial charge in [-0.25, -0.2) is 9.59 Å². The summed E-state index contributed by atoms with van der Waals surface area (Å²) in [4.78, 5) is 24.5. The molecule has 2 aromatic rings. The monoisotopic (exact) mass is 758 g/mol. The van der Waals surface area contributed by atoms with Crippen LogP contribution in [0, 0.1) is 46.3 Å². The number of benzene rings is 2. The molecule has 0 aromatic heterocycles. The quantitative estimate of drug-likeness (QED) is 0.161. The third-order valence-electron chi connectivity index (χ3n) is 14.1. The lowest BCUT2D eigenvalue weighted by Crippen LogP contribution is -2.62. The predicted molar refractivity (Wildman–Crippen MR) is 199 cm³/mol. The zero-order valence-corrected chi connectivity index (χ0v) is 32.1. The number of allylic oxidation sites excluding steroid dienone is 1. The summed E-state index contributed by atoms with van der Waals surface area (Å²) >= 11 is 13.1. The standard InChI is InChI=1S/C41H52Cl2O9/c1-20(28-9-10-29-35-30(19-34(46)41(28,29)3)40(2)12-11-24(44)17-23(40)18-33(35)45)7-6-8-25(21-13-26(38(47)48)36(51-4)31(42)15-21)22-14-27(39(49)50)37(52-5)32(43)16-22/h8,13-16,20,23-24,28-30,33-35,44-46H,6-7,9-12,17-19H2,1-5H3,(H,47,48)(H,49,50)/t20?,23-,24+,28+,29?,30?,33+,34-,35?,40-,41+/m0/s1. The van der Waals surface area contributed by atoms with E-state index in [1.165, 1.54) is 26.4 Å². The minimum absolute atomic E-state index is 0.00600. The SMILES string of the molecule is COc1c(Cl)cc(C(=CCCC(C)[C@H]2CCC3C4C(C[C@H](O)[C@@]32C)[C@@]2(C)CC[C@@H](O)C[C@H]2C[C@H]4O)c2cc(Cl)c(OC)c(C(=O)O)c2)cc1C(=O)O. The molecule has 52 heavy (non-hydrogen) atoms. The topological polar surface area (TPSA) is 154 Å². The van der Waals surface area contributed by atoms with E-state index in [0.717, 1.165) is 38.5 Å². The number of ether oxygens (including phenoxy) is 2. The molecule has 0 amide bonds. The van der Waals surface area contributed by atoms with E-state index in [1.54, 1.807) is 12.1 Å². The highest BCUT2D eigenvalue weighted by Gasteiger charge is 2.65. The number of methoxy groups -OCH3 is 2. The molecule has 0 bridgehead atoms. The molecule has 4 unspecified atom stereocenters. The second kappa shape index (κ2) is 14.8. The molecule has 284 valence electrons. The summed E-state index contributed by atoms with van der Waals surface area (Å²) in [6.45, 7) is 6.80. The highest BCUT2D eigenvalue weighted by molar-refractivity contribution is 6.33. The van der Waals surface area contributed by atoms with E-state index >= 15 is 0 Å². The fourth-order valence-corrected chi connectivity index (χ4v) is 12.0. The van der Waals surface area contributed by atoms with Gasteiger partial charge in [-0.1, -0.05) is 50.0 Å². The molecule has 0 saturated heterocycles. The predicted octanol–water partition coefficient (Wildman–Crippen LogP) is 8.22.